The topological polar surface area (TPSA) is 98.7 Å². The van der Waals surface area contributed by atoms with Crippen molar-refractivity contribution in [1.29, 1.82) is 0 Å². The molecule has 2 amide bonds. The highest BCUT2D eigenvalue weighted by Gasteiger charge is 2.46. The van der Waals surface area contributed by atoms with Gasteiger partial charge in [0.25, 0.3) is 0 Å². The van der Waals surface area contributed by atoms with Crippen LogP contribution in [0.25, 0.3) is 0 Å². The van der Waals surface area contributed by atoms with E-state index in [4.69, 9.17) is 5.11 Å². The first-order valence-electron chi connectivity index (χ1n) is 7.36. The number of alkyl halides is 3. The van der Waals surface area contributed by atoms with Gasteiger partial charge in [-0.2, -0.15) is 13.2 Å². The molecule has 0 aliphatic rings. The first-order chi connectivity index (χ1) is 11.2. The number of rotatable bonds is 4. The summed E-state index contributed by atoms with van der Waals surface area (Å²) < 4.78 is 39.1. The van der Waals surface area contributed by atoms with Crippen LogP contribution in [0.4, 0.5) is 22.8 Å². The molecule has 0 aromatic heterocycles. The van der Waals surface area contributed by atoms with Crippen LogP contribution in [-0.4, -0.2) is 28.4 Å². The molecule has 2 atom stereocenters. The monoisotopic (exact) mass is 362 g/mol. The molecule has 0 saturated heterocycles. The summed E-state index contributed by atoms with van der Waals surface area (Å²) in [5.74, 6) is 0. The third-order valence-electron chi connectivity index (χ3n) is 3.87. The largest absolute Gasteiger partial charge is 0.465 e. The van der Waals surface area contributed by atoms with Gasteiger partial charge in [0, 0.05) is 0 Å². The zero-order valence-corrected chi connectivity index (χ0v) is 14.2. The van der Waals surface area contributed by atoms with Crippen molar-refractivity contribution in [3.05, 3.63) is 35.4 Å². The van der Waals surface area contributed by atoms with E-state index in [0.29, 0.717) is 0 Å². The molecule has 2 unspecified atom stereocenters. The second-order valence-electron chi connectivity index (χ2n) is 6.96. The van der Waals surface area contributed by atoms with E-state index in [-0.39, 0.29) is 5.56 Å². The molecule has 1 aromatic rings. The van der Waals surface area contributed by atoms with Gasteiger partial charge in [0.05, 0.1) is 17.1 Å². The fourth-order valence-electron chi connectivity index (χ4n) is 2.90. The Bertz CT molecular complexity index is 656. The van der Waals surface area contributed by atoms with Gasteiger partial charge >= 0.3 is 18.4 Å². The molecule has 0 radical (unpaired) electrons. The average Bonchev–Trinajstić information content (AvgIpc) is 2.41. The number of hydrogen-bond acceptors (Lipinski definition) is 2. The lowest BCUT2D eigenvalue weighted by Gasteiger charge is -2.45. The molecule has 0 heterocycles. The quantitative estimate of drug-likeness (QED) is 0.653. The maximum atomic E-state index is 13.0. The SMILES string of the molecule is CC(C)(C)C(NC(=O)O)C(C)(NC(=O)O)c1cccc(C(F)(F)F)c1. The van der Waals surface area contributed by atoms with E-state index in [1.54, 1.807) is 20.8 Å². The fourth-order valence-corrected chi connectivity index (χ4v) is 2.90. The first-order valence-corrected chi connectivity index (χ1v) is 7.36. The van der Waals surface area contributed by atoms with E-state index in [1.807, 2.05) is 0 Å². The Morgan fingerprint density at radius 1 is 1.00 bits per heavy atom. The van der Waals surface area contributed by atoms with Gasteiger partial charge in [-0.1, -0.05) is 32.9 Å². The lowest BCUT2D eigenvalue weighted by molar-refractivity contribution is -0.137. The third kappa shape index (κ3) is 5.01. The Hall–Kier alpha value is -2.45. The zero-order valence-electron chi connectivity index (χ0n) is 14.2. The molecule has 0 saturated carbocycles. The number of halogens is 3. The molecular weight excluding hydrogens is 341 g/mol. The Morgan fingerprint density at radius 3 is 1.92 bits per heavy atom. The average molecular weight is 362 g/mol. The minimum Gasteiger partial charge on any atom is -0.465 e. The summed E-state index contributed by atoms with van der Waals surface area (Å²) >= 11 is 0. The number of carboxylic acid groups (broad SMARTS) is 2. The Labute approximate surface area is 143 Å². The van der Waals surface area contributed by atoms with E-state index in [2.05, 4.69) is 10.6 Å². The number of nitrogens with one attached hydrogen (secondary N) is 2. The van der Waals surface area contributed by atoms with Crippen LogP contribution in [0, 0.1) is 5.41 Å². The second kappa shape index (κ2) is 6.81. The van der Waals surface area contributed by atoms with Gasteiger partial charge in [-0.3, -0.25) is 0 Å². The number of amides is 2. The van der Waals surface area contributed by atoms with Gasteiger partial charge < -0.3 is 20.8 Å². The Morgan fingerprint density at radius 2 is 1.52 bits per heavy atom. The van der Waals surface area contributed by atoms with Crippen LogP contribution >= 0.6 is 0 Å². The predicted molar refractivity (Wildman–Crippen MR) is 84.4 cm³/mol. The molecule has 0 fully saturated rings. The number of hydrogen-bond donors (Lipinski definition) is 4. The molecule has 0 bridgehead atoms. The van der Waals surface area contributed by atoms with Crippen molar-refractivity contribution in [3.8, 4) is 0 Å². The maximum absolute atomic E-state index is 13.0. The van der Waals surface area contributed by atoms with Gasteiger partial charge in [0.15, 0.2) is 0 Å². The van der Waals surface area contributed by atoms with Crippen molar-refractivity contribution in [2.75, 3.05) is 0 Å². The smallest absolute Gasteiger partial charge is 0.416 e. The molecular formula is C16H21F3N2O4. The predicted octanol–water partition coefficient (Wildman–Crippen LogP) is 3.87. The number of benzene rings is 1. The molecule has 25 heavy (non-hydrogen) atoms. The van der Waals surface area contributed by atoms with Crippen molar-refractivity contribution < 1.29 is 33.0 Å². The van der Waals surface area contributed by atoms with E-state index >= 15 is 0 Å². The van der Waals surface area contributed by atoms with Crippen LogP contribution in [0.15, 0.2) is 24.3 Å². The van der Waals surface area contributed by atoms with Crippen molar-refractivity contribution in [2.45, 2.75) is 45.5 Å². The molecule has 6 nitrogen and oxygen atoms in total. The molecule has 4 N–H and O–H groups in total. The summed E-state index contributed by atoms with van der Waals surface area (Å²) in [4.78, 5) is 22.5. The van der Waals surface area contributed by atoms with E-state index in [0.717, 1.165) is 18.2 Å². The highest BCUT2D eigenvalue weighted by atomic mass is 19.4. The minimum absolute atomic E-state index is 0.00148. The zero-order chi connectivity index (χ0) is 19.6. The molecule has 140 valence electrons. The summed E-state index contributed by atoms with van der Waals surface area (Å²) in [5, 5.41) is 22.7. The van der Waals surface area contributed by atoms with Crippen LogP contribution in [0.1, 0.15) is 38.8 Å². The fraction of sp³-hybridized carbons (Fsp3) is 0.500. The van der Waals surface area contributed by atoms with Crippen molar-refractivity contribution in [3.63, 3.8) is 0 Å². The second-order valence-corrected chi connectivity index (χ2v) is 6.96. The molecule has 1 rings (SSSR count). The lowest BCUT2D eigenvalue weighted by Crippen LogP contribution is -2.62. The summed E-state index contributed by atoms with van der Waals surface area (Å²) in [5.41, 5.74) is -3.39. The van der Waals surface area contributed by atoms with Crippen LogP contribution < -0.4 is 10.6 Å². The third-order valence-corrected chi connectivity index (χ3v) is 3.87. The summed E-state index contributed by atoms with van der Waals surface area (Å²) in [6.07, 6.45) is -7.51. The maximum Gasteiger partial charge on any atom is 0.416 e. The van der Waals surface area contributed by atoms with E-state index in [1.165, 1.54) is 13.0 Å². The van der Waals surface area contributed by atoms with Crippen molar-refractivity contribution in [2.24, 2.45) is 5.41 Å². The molecule has 0 aliphatic carbocycles. The standard InChI is InChI=1S/C16H21F3N2O4/c1-14(2,3)11(20-12(22)23)15(4,21-13(24)25)9-6-5-7-10(8-9)16(17,18)19/h5-8,11,20-21H,1-4H3,(H,22,23)(H,24,25). The minimum atomic E-state index is -4.61. The first kappa shape index (κ1) is 20.6. The van der Waals surface area contributed by atoms with Gasteiger partial charge in [-0.25, -0.2) is 9.59 Å². The van der Waals surface area contributed by atoms with Crippen LogP contribution in [0.3, 0.4) is 0 Å². The Balaban J connectivity index is 3.58. The van der Waals surface area contributed by atoms with E-state index in [9.17, 15) is 27.9 Å². The summed E-state index contributed by atoms with van der Waals surface area (Å²) in [6.45, 7) is 6.32. The molecule has 0 aliphatic heterocycles. The van der Waals surface area contributed by atoms with Crippen molar-refractivity contribution >= 4 is 12.2 Å². The lowest BCUT2D eigenvalue weighted by atomic mass is 9.71. The van der Waals surface area contributed by atoms with Crippen molar-refractivity contribution in [1.82, 2.24) is 10.6 Å². The highest BCUT2D eigenvalue weighted by molar-refractivity contribution is 5.68. The van der Waals surface area contributed by atoms with Gasteiger partial charge in [0.2, 0.25) is 0 Å². The van der Waals surface area contributed by atoms with Gasteiger partial charge in [-0.15, -0.1) is 0 Å². The van der Waals surface area contributed by atoms with E-state index < -0.39 is 40.9 Å². The van der Waals surface area contributed by atoms with Gasteiger partial charge in [0.1, 0.15) is 0 Å². The van der Waals surface area contributed by atoms with Crippen LogP contribution in [0.2, 0.25) is 0 Å². The summed E-state index contributed by atoms with van der Waals surface area (Å²) in [7, 11) is 0. The summed E-state index contributed by atoms with van der Waals surface area (Å²) in [6, 6.07) is 3.12. The molecule has 9 heteroatoms. The molecule has 0 spiro atoms. The normalized spacial score (nSPS) is 15.8. The van der Waals surface area contributed by atoms with Crippen LogP contribution in [-0.2, 0) is 11.7 Å². The highest BCUT2D eigenvalue weighted by Crippen LogP contribution is 2.38. The van der Waals surface area contributed by atoms with Crippen LogP contribution in [0.5, 0.6) is 0 Å². The van der Waals surface area contributed by atoms with Gasteiger partial charge in [-0.05, 0) is 30.0 Å². The Kier molecular flexibility index (Phi) is 5.61. The molecule has 1 aromatic carbocycles. The number of carbonyl (C=O) groups is 2.